The van der Waals surface area contributed by atoms with E-state index < -0.39 is 17.8 Å². The number of benzene rings is 2. The van der Waals surface area contributed by atoms with Gasteiger partial charge in [0, 0.05) is 5.69 Å². The van der Waals surface area contributed by atoms with Gasteiger partial charge in [0.1, 0.15) is 11.9 Å². The first-order valence-electron chi connectivity index (χ1n) is 6.22. The summed E-state index contributed by atoms with van der Waals surface area (Å²) in [5.74, 6) is -1.80. The molecule has 0 spiro atoms. The monoisotopic (exact) mass is 290 g/mol. The van der Waals surface area contributed by atoms with Crippen molar-refractivity contribution in [2.75, 3.05) is 5.32 Å². The molecule has 0 heterocycles. The third-order valence-corrected chi connectivity index (χ3v) is 2.97. The Kier molecular flexibility index (Phi) is 3.98. The van der Waals surface area contributed by atoms with Crippen molar-refractivity contribution in [3.63, 3.8) is 0 Å². The van der Waals surface area contributed by atoms with E-state index in [0.717, 1.165) is 0 Å². The number of hydrogen-bond acceptors (Lipinski definition) is 4. The molecule has 0 aliphatic heterocycles. The van der Waals surface area contributed by atoms with Crippen molar-refractivity contribution >= 4 is 11.6 Å². The van der Waals surface area contributed by atoms with Crippen LogP contribution in [0.5, 0.6) is 11.5 Å². The molecule has 0 saturated carbocycles. The van der Waals surface area contributed by atoms with Crippen LogP contribution in [0.4, 0.5) is 10.1 Å². The molecule has 110 valence electrons. The lowest BCUT2D eigenvalue weighted by molar-refractivity contribution is -0.118. The van der Waals surface area contributed by atoms with E-state index in [-0.39, 0.29) is 11.5 Å². The maximum atomic E-state index is 13.4. The number of nitrogens with two attached hydrogens (primary N) is 1. The second kappa shape index (κ2) is 5.70. The molecule has 2 aromatic rings. The van der Waals surface area contributed by atoms with E-state index in [1.165, 1.54) is 30.3 Å². The van der Waals surface area contributed by atoms with Gasteiger partial charge in [0.05, 0.1) is 0 Å². The zero-order chi connectivity index (χ0) is 15.6. The molecule has 0 bridgehead atoms. The Morgan fingerprint density at radius 3 is 2.48 bits per heavy atom. The highest BCUT2D eigenvalue weighted by Gasteiger charge is 2.19. The van der Waals surface area contributed by atoms with Crippen molar-refractivity contribution in [2.24, 2.45) is 5.73 Å². The van der Waals surface area contributed by atoms with E-state index in [4.69, 9.17) is 5.73 Å². The standard InChI is InChI=1S/C15H15FN2O3/c1-8-4-10(16)7-11(5-8)18-14(15(17)21)9-2-3-12(19)13(20)6-9/h2-7,14,18-20H,1H3,(H2,17,21). The number of aryl methyl sites for hydroxylation is 1. The van der Waals surface area contributed by atoms with Crippen molar-refractivity contribution in [3.05, 3.63) is 53.3 Å². The number of aromatic hydroxyl groups is 2. The van der Waals surface area contributed by atoms with Gasteiger partial charge in [-0.1, -0.05) is 6.07 Å². The number of carbonyl (C=O) groups excluding carboxylic acids is 1. The molecule has 5 nitrogen and oxygen atoms in total. The largest absolute Gasteiger partial charge is 0.504 e. The zero-order valence-corrected chi connectivity index (χ0v) is 11.3. The van der Waals surface area contributed by atoms with E-state index in [1.54, 1.807) is 13.0 Å². The number of anilines is 1. The normalized spacial score (nSPS) is 11.9. The van der Waals surface area contributed by atoms with Crippen molar-refractivity contribution in [2.45, 2.75) is 13.0 Å². The SMILES string of the molecule is Cc1cc(F)cc(NC(C(N)=O)c2ccc(O)c(O)c2)c1. The maximum absolute atomic E-state index is 13.4. The number of nitrogens with one attached hydrogen (secondary N) is 1. The number of amides is 1. The predicted octanol–water partition coefficient (Wildman–Crippen LogP) is 2.18. The maximum Gasteiger partial charge on any atom is 0.244 e. The van der Waals surface area contributed by atoms with Crippen LogP contribution in [0.3, 0.4) is 0 Å². The van der Waals surface area contributed by atoms with Gasteiger partial charge in [-0.2, -0.15) is 0 Å². The van der Waals surface area contributed by atoms with Crippen LogP contribution in [0.25, 0.3) is 0 Å². The van der Waals surface area contributed by atoms with E-state index in [0.29, 0.717) is 16.8 Å². The number of hydrogen-bond donors (Lipinski definition) is 4. The summed E-state index contributed by atoms with van der Waals surface area (Å²) >= 11 is 0. The molecule has 0 fully saturated rings. The van der Waals surface area contributed by atoms with Gasteiger partial charge in [-0.15, -0.1) is 0 Å². The molecule has 5 N–H and O–H groups in total. The first-order chi connectivity index (χ1) is 9.86. The number of primary amides is 1. The minimum atomic E-state index is -0.960. The van der Waals surface area contributed by atoms with Gasteiger partial charge in [-0.25, -0.2) is 4.39 Å². The Labute approximate surface area is 120 Å². The highest BCUT2D eigenvalue weighted by Crippen LogP contribution is 2.29. The number of rotatable bonds is 4. The van der Waals surface area contributed by atoms with Gasteiger partial charge in [0.2, 0.25) is 5.91 Å². The van der Waals surface area contributed by atoms with E-state index in [2.05, 4.69) is 5.32 Å². The molecule has 21 heavy (non-hydrogen) atoms. The zero-order valence-electron chi connectivity index (χ0n) is 11.3. The lowest BCUT2D eigenvalue weighted by Gasteiger charge is -2.18. The summed E-state index contributed by atoms with van der Waals surface area (Å²) in [7, 11) is 0. The van der Waals surface area contributed by atoms with Gasteiger partial charge in [-0.3, -0.25) is 4.79 Å². The minimum Gasteiger partial charge on any atom is -0.504 e. The second-order valence-electron chi connectivity index (χ2n) is 4.75. The van der Waals surface area contributed by atoms with Crippen molar-refractivity contribution in [1.29, 1.82) is 0 Å². The average molecular weight is 290 g/mol. The number of halogens is 1. The summed E-state index contributed by atoms with van der Waals surface area (Å²) in [5, 5.41) is 21.6. The first kappa shape index (κ1) is 14.6. The van der Waals surface area contributed by atoms with Crippen LogP contribution in [-0.2, 0) is 4.79 Å². The van der Waals surface area contributed by atoms with Gasteiger partial charge in [0.15, 0.2) is 11.5 Å². The fourth-order valence-corrected chi connectivity index (χ4v) is 2.03. The third kappa shape index (κ3) is 3.42. The Bertz CT molecular complexity index is 668. The van der Waals surface area contributed by atoms with E-state index in [9.17, 15) is 19.4 Å². The molecule has 1 amide bonds. The quantitative estimate of drug-likeness (QED) is 0.649. The van der Waals surface area contributed by atoms with E-state index in [1.807, 2.05) is 0 Å². The highest BCUT2D eigenvalue weighted by molar-refractivity contribution is 5.84. The molecule has 6 heteroatoms. The van der Waals surface area contributed by atoms with Crippen LogP contribution in [0.1, 0.15) is 17.2 Å². The Hall–Kier alpha value is -2.76. The number of phenolic OH excluding ortho intramolecular Hbond substituents is 2. The van der Waals surface area contributed by atoms with Gasteiger partial charge in [0.25, 0.3) is 0 Å². The second-order valence-corrected chi connectivity index (χ2v) is 4.75. The lowest BCUT2D eigenvalue weighted by atomic mass is 10.0. The highest BCUT2D eigenvalue weighted by atomic mass is 19.1. The molecule has 2 aromatic carbocycles. The van der Waals surface area contributed by atoms with Crippen LogP contribution in [0, 0.1) is 12.7 Å². The Morgan fingerprint density at radius 2 is 1.90 bits per heavy atom. The van der Waals surface area contributed by atoms with Crippen LogP contribution < -0.4 is 11.1 Å². The van der Waals surface area contributed by atoms with Crippen LogP contribution in [0.2, 0.25) is 0 Å². The predicted molar refractivity (Wildman–Crippen MR) is 76.5 cm³/mol. The number of phenols is 2. The topological polar surface area (TPSA) is 95.6 Å². The fraction of sp³-hybridized carbons (Fsp3) is 0.133. The molecule has 1 atom stereocenters. The van der Waals surface area contributed by atoms with Gasteiger partial charge >= 0.3 is 0 Å². The molecule has 0 aliphatic rings. The summed E-state index contributed by atoms with van der Waals surface area (Å²) in [5.41, 5.74) is 6.78. The summed E-state index contributed by atoms with van der Waals surface area (Å²) in [6, 6.07) is 7.23. The van der Waals surface area contributed by atoms with Gasteiger partial charge in [-0.05, 0) is 48.4 Å². The Morgan fingerprint density at radius 1 is 1.19 bits per heavy atom. The average Bonchev–Trinajstić information content (AvgIpc) is 2.38. The summed E-state index contributed by atoms with van der Waals surface area (Å²) in [6.07, 6.45) is 0. The summed E-state index contributed by atoms with van der Waals surface area (Å²) in [4.78, 5) is 11.6. The molecule has 0 saturated heterocycles. The minimum absolute atomic E-state index is 0.302. The van der Waals surface area contributed by atoms with E-state index >= 15 is 0 Å². The molecule has 0 aromatic heterocycles. The molecular weight excluding hydrogens is 275 g/mol. The smallest absolute Gasteiger partial charge is 0.244 e. The lowest BCUT2D eigenvalue weighted by Crippen LogP contribution is -2.27. The fourth-order valence-electron chi connectivity index (χ4n) is 2.03. The molecular formula is C15H15FN2O3. The molecule has 2 rings (SSSR count). The number of carbonyl (C=O) groups is 1. The first-order valence-corrected chi connectivity index (χ1v) is 6.22. The molecule has 1 unspecified atom stereocenters. The molecule has 0 radical (unpaired) electrons. The van der Waals surface area contributed by atoms with Crippen LogP contribution >= 0.6 is 0 Å². The van der Waals surface area contributed by atoms with Crippen molar-refractivity contribution in [3.8, 4) is 11.5 Å². The summed E-state index contributed by atoms with van der Waals surface area (Å²) < 4.78 is 13.4. The van der Waals surface area contributed by atoms with Crippen LogP contribution in [-0.4, -0.2) is 16.1 Å². The molecule has 0 aliphatic carbocycles. The van der Waals surface area contributed by atoms with Gasteiger partial charge < -0.3 is 21.3 Å². The Balaban J connectivity index is 2.35. The van der Waals surface area contributed by atoms with Crippen LogP contribution in [0.15, 0.2) is 36.4 Å². The summed E-state index contributed by atoms with van der Waals surface area (Å²) in [6.45, 7) is 1.72. The van der Waals surface area contributed by atoms with Crippen molar-refractivity contribution < 1.29 is 19.4 Å². The third-order valence-electron chi connectivity index (χ3n) is 2.97. The van der Waals surface area contributed by atoms with Crippen molar-refractivity contribution in [1.82, 2.24) is 0 Å².